The molecule has 1 unspecified atom stereocenters. The summed E-state index contributed by atoms with van der Waals surface area (Å²) in [7, 11) is 0. The summed E-state index contributed by atoms with van der Waals surface area (Å²) in [6.07, 6.45) is 0.590. The number of carbonyl (C=O) groups is 2. The minimum atomic E-state index is -0.950. The third-order valence-corrected chi connectivity index (χ3v) is 5.06. The summed E-state index contributed by atoms with van der Waals surface area (Å²) in [5.74, 6) is -1.37. The second kappa shape index (κ2) is 8.37. The SMILES string of the molecule is O=C(O)CC1COCCN1C(=O)Cc1csc(Cc2ccc(F)cc2)n1. The van der Waals surface area contributed by atoms with Crippen LogP contribution in [0.5, 0.6) is 0 Å². The Morgan fingerprint density at radius 2 is 2.12 bits per heavy atom. The highest BCUT2D eigenvalue weighted by molar-refractivity contribution is 7.09. The van der Waals surface area contributed by atoms with Crippen LogP contribution in [0, 0.1) is 5.82 Å². The van der Waals surface area contributed by atoms with E-state index in [0.29, 0.717) is 25.3 Å². The standard InChI is InChI=1S/C18H19FN2O4S/c19-13-3-1-12(2-4-13)7-16-20-14(11-26-16)8-17(22)21-5-6-25-10-15(21)9-18(23)24/h1-4,11,15H,5-10H2,(H,23,24). The maximum atomic E-state index is 13.0. The van der Waals surface area contributed by atoms with Crippen molar-refractivity contribution in [2.45, 2.75) is 25.3 Å². The number of carboxylic acids is 1. The molecule has 6 nitrogen and oxygen atoms in total. The highest BCUT2D eigenvalue weighted by atomic mass is 32.1. The van der Waals surface area contributed by atoms with E-state index in [1.54, 1.807) is 17.0 Å². The normalized spacial score (nSPS) is 17.3. The number of hydrogen-bond acceptors (Lipinski definition) is 5. The number of nitrogens with zero attached hydrogens (tertiary/aromatic N) is 2. The van der Waals surface area contributed by atoms with Gasteiger partial charge in [0.2, 0.25) is 5.91 Å². The summed E-state index contributed by atoms with van der Waals surface area (Å²) in [6, 6.07) is 5.81. The van der Waals surface area contributed by atoms with Gasteiger partial charge < -0.3 is 14.7 Å². The lowest BCUT2D eigenvalue weighted by Gasteiger charge is -2.34. The van der Waals surface area contributed by atoms with E-state index in [1.165, 1.54) is 23.5 Å². The minimum Gasteiger partial charge on any atom is -0.481 e. The van der Waals surface area contributed by atoms with Gasteiger partial charge in [-0.05, 0) is 17.7 Å². The van der Waals surface area contributed by atoms with Crippen LogP contribution in [-0.2, 0) is 27.2 Å². The summed E-state index contributed by atoms with van der Waals surface area (Å²) < 4.78 is 18.3. The lowest BCUT2D eigenvalue weighted by atomic mass is 10.1. The molecule has 8 heteroatoms. The van der Waals surface area contributed by atoms with Crippen molar-refractivity contribution >= 4 is 23.2 Å². The van der Waals surface area contributed by atoms with Crippen LogP contribution in [0.3, 0.4) is 0 Å². The molecular formula is C18H19FN2O4S. The van der Waals surface area contributed by atoms with E-state index in [-0.39, 0.29) is 31.2 Å². The molecule has 0 saturated carbocycles. The first-order valence-corrected chi connectivity index (χ1v) is 9.16. The van der Waals surface area contributed by atoms with Gasteiger partial charge in [-0.25, -0.2) is 9.37 Å². The summed E-state index contributed by atoms with van der Waals surface area (Å²) in [6.45, 7) is 1.04. The Balaban J connectivity index is 1.61. The molecule has 1 amide bonds. The van der Waals surface area contributed by atoms with Gasteiger partial charge in [-0.3, -0.25) is 9.59 Å². The van der Waals surface area contributed by atoms with Gasteiger partial charge in [0.15, 0.2) is 0 Å². The number of hydrogen-bond donors (Lipinski definition) is 1. The molecule has 1 saturated heterocycles. The number of amides is 1. The van der Waals surface area contributed by atoms with Gasteiger partial charge in [-0.15, -0.1) is 11.3 Å². The van der Waals surface area contributed by atoms with Crippen LogP contribution in [0.25, 0.3) is 0 Å². The fourth-order valence-corrected chi connectivity index (χ4v) is 3.73. The molecule has 0 bridgehead atoms. The second-order valence-electron chi connectivity index (χ2n) is 6.13. The first-order chi connectivity index (χ1) is 12.5. The van der Waals surface area contributed by atoms with Crippen molar-refractivity contribution in [3.63, 3.8) is 0 Å². The fraction of sp³-hybridized carbons (Fsp3) is 0.389. The molecule has 26 heavy (non-hydrogen) atoms. The van der Waals surface area contributed by atoms with Gasteiger partial charge in [0.05, 0.1) is 42.8 Å². The van der Waals surface area contributed by atoms with Gasteiger partial charge in [0.25, 0.3) is 0 Å². The zero-order chi connectivity index (χ0) is 18.5. The molecule has 0 radical (unpaired) electrons. The molecule has 2 aromatic rings. The molecule has 138 valence electrons. The van der Waals surface area contributed by atoms with Gasteiger partial charge in [-0.1, -0.05) is 12.1 Å². The molecule has 3 rings (SSSR count). The zero-order valence-electron chi connectivity index (χ0n) is 14.1. The minimum absolute atomic E-state index is 0.126. The molecule has 1 aromatic heterocycles. The molecule has 0 spiro atoms. The average Bonchev–Trinajstić information content (AvgIpc) is 3.04. The van der Waals surface area contributed by atoms with Gasteiger partial charge in [0.1, 0.15) is 5.82 Å². The number of thiazole rings is 1. The number of ether oxygens (including phenoxy) is 1. The van der Waals surface area contributed by atoms with Crippen molar-refractivity contribution in [2.24, 2.45) is 0 Å². The molecule has 1 atom stereocenters. The van der Waals surface area contributed by atoms with Crippen LogP contribution in [0.1, 0.15) is 22.7 Å². The molecule has 0 aliphatic carbocycles. The molecule has 1 aliphatic rings. The molecular weight excluding hydrogens is 359 g/mol. The Bertz CT molecular complexity index is 778. The summed E-state index contributed by atoms with van der Waals surface area (Å²) >= 11 is 1.45. The highest BCUT2D eigenvalue weighted by Gasteiger charge is 2.29. The van der Waals surface area contributed by atoms with E-state index >= 15 is 0 Å². The molecule has 1 aliphatic heterocycles. The smallest absolute Gasteiger partial charge is 0.305 e. The topological polar surface area (TPSA) is 79.7 Å². The summed E-state index contributed by atoms with van der Waals surface area (Å²) in [5, 5.41) is 11.7. The lowest BCUT2D eigenvalue weighted by Crippen LogP contribution is -2.50. The van der Waals surface area contributed by atoms with Crippen LogP contribution < -0.4 is 0 Å². The Morgan fingerprint density at radius 1 is 1.35 bits per heavy atom. The largest absolute Gasteiger partial charge is 0.481 e. The van der Waals surface area contributed by atoms with E-state index in [9.17, 15) is 14.0 Å². The van der Waals surface area contributed by atoms with Gasteiger partial charge >= 0.3 is 5.97 Å². The maximum Gasteiger partial charge on any atom is 0.305 e. The van der Waals surface area contributed by atoms with Crippen LogP contribution in [0.2, 0.25) is 0 Å². The number of carboxylic acid groups (broad SMARTS) is 1. The van der Waals surface area contributed by atoms with Crippen molar-refractivity contribution in [1.29, 1.82) is 0 Å². The average molecular weight is 378 g/mol. The molecule has 1 fully saturated rings. The number of carbonyl (C=O) groups excluding carboxylic acids is 1. The number of morpholine rings is 1. The monoisotopic (exact) mass is 378 g/mol. The van der Waals surface area contributed by atoms with Crippen molar-refractivity contribution < 1.29 is 23.8 Å². The van der Waals surface area contributed by atoms with E-state index in [2.05, 4.69) is 4.98 Å². The summed E-state index contributed by atoms with van der Waals surface area (Å²) in [5.41, 5.74) is 1.62. The maximum absolute atomic E-state index is 13.0. The fourth-order valence-electron chi connectivity index (χ4n) is 2.90. The number of benzene rings is 1. The van der Waals surface area contributed by atoms with Gasteiger partial charge in [-0.2, -0.15) is 0 Å². The third-order valence-electron chi connectivity index (χ3n) is 4.16. The number of rotatable bonds is 6. The first-order valence-electron chi connectivity index (χ1n) is 8.28. The second-order valence-corrected chi connectivity index (χ2v) is 7.07. The molecule has 1 N–H and O–H groups in total. The zero-order valence-corrected chi connectivity index (χ0v) is 14.9. The molecule has 2 heterocycles. The number of aliphatic carboxylic acids is 1. The van der Waals surface area contributed by atoms with E-state index in [1.807, 2.05) is 5.38 Å². The van der Waals surface area contributed by atoms with Crippen LogP contribution in [-0.4, -0.2) is 52.7 Å². The summed E-state index contributed by atoms with van der Waals surface area (Å²) in [4.78, 5) is 29.6. The van der Waals surface area contributed by atoms with Crippen molar-refractivity contribution in [3.8, 4) is 0 Å². The van der Waals surface area contributed by atoms with Gasteiger partial charge in [0, 0.05) is 18.3 Å². The van der Waals surface area contributed by atoms with Crippen LogP contribution >= 0.6 is 11.3 Å². The van der Waals surface area contributed by atoms with E-state index < -0.39 is 12.0 Å². The number of aromatic nitrogens is 1. The van der Waals surface area contributed by atoms with Crippen molar-refractivity contribution in [1.82, 2.24) is 9.88 Å². The quantitative estimate of drug-likeness (QED) is 0.833. The Morgan fingerprint density at radius 3 is 2.85 bits per heavy atom. The first kappa shape index (κ1) is 18.5. The van der Waals surface area contributed by atoms with Crippen molar-refractivity contribution in [3.05, 3.63) is 51.7 Å². The van der Waals surface area contributed by atoms with Crippen LogP contribution in [0.4, 0.5) is 4.39 Å². The lowest BCUT2D eigenvalue weighted by molar-refractivity contribution is -0.145. The van der Waals surface area contributed by atoms with Crippen LogP contribution in [0.15, 0.2) is 29.6 Å². The van der Waals surface area contributed by atoms with E-state index in [0.717, 1.165) is 10.6 Å². The third kappa shape index (κ3) is 4.86. The Kier molecular flexibility index (Phi) is 5.95. The van der Waals surface area contributed by atoms with E-state index in [4.69, 9.17) is 9.84 Å². The molecule has 1 aromatic carbocycles. The predicted octanol–water partition coefficient (Wildman–Crippen LogP) is 2.12. The predicted molar refractivity (Wildman–Crippen MR) is 93.6 cm³/mol. The van der Waals surface area contributed by atoms with Crippen molar-refractivity contribution in [2.75, 3.05) is 19.8 Å². The highest BCUT2D eigenvalue weighted by Crippen LogP contribution is 2.18. The number of halogens is 1. The Hall–Kier alpha value is -2.32. The Labute approximate surface area is 154 Å².